The third-order valence-corrected chi connectivity index (χ3v) is 4.36. The summed E-state index contributed by atoms with van der Waals surface area (Å²) in [7, 11) is -3.27. The highest BCUT2D eigenvalue weighted by atomic mass is 32.2. The molecule has 0 unspecified atom stereocenters. The molecule has 0 saturated carbocycles. The van der Waals surface area contributed by atoms with Crippen LogP contribution in [-0.2, 0) is 15.6 Å². The first-order valence-electron chi connectivity index (χ1n) is 7.20. The Hall–Kier alpha value is -1.95. The quantitative estimate of drug-likeness (QED) is 0.872. The highest BCUT2D eigenvalue weighted by Crippen LogP contribution is 2.20. The second kappa shape index (κ2) is 7.08. The molecule has 2 aromatic rings. The molecule has 124 valence electrons. The van der Waals surface area contributed by atoms with E-state index in [-0.39, 0.29) is 23.1 Å². The van der Waals surface area contributed by atoms with E-state index >= 15 is 0 Å². The molecule has 1 atom stereocenters. The number of benzene rings is 2. The molecule has 6 heteroatoms. The standard InChI is InChI=1S/C17H19F2NO2S/c1-12(13-3-6-15(18)7-4-13)10-20-16-8-5-14(17(19)9-16)11-23(2,21)22/h3-9,12,20H,10-11H2,1-2H3/t12-/m0/s1. The van der Waals surface area contributed by atoms with Crippen LogP contribution in [0.2, 0.25) is 0 Å². The molecule has 0 radical (unpaired) electrons. The number of hydrogen-bond acceptors (Lipinski definition) is 3. The van der Waals surface area contributed by atoms with Gasteiger partial charge in [-0.2, -0.15) is 0 Å². The van der Waals surface area contributed by atoms with Crippen molar-refractivity contribution in [2.24, 2.45) is 0 Å². The molecule has 0 saturated heterocycles. The Kier molecular flexibility index (Phi) is 5.36. The van der Waals surface area contributed by atoms with Gasteiger partial charge in [0.05, 0.1) is 5.75 Å². The second-order valence-electron chi connectivity index (χ2n) is 5.71. The smallest absolute Gasteiger partial charge is 0.151 e. The van der Waals surface area contributed by atoms with Crippen molar-refractivity contribution < 1.29 is 17.2 Å². The van der Waals surface area contributed by atoms with Gasteiger partial charge in [0.15, 0.2) is 9.84 Å². The average molecular weight is 339 g/mol. The summed E-state index contributed by atoms with van der Waals surface area (Å²) in [5.74, 6) is -1.02. The van der Waals surface area contributed by atoms with Gasteiger partial charge in [0.1, 0.15) is 11.6 Å². The van der Waals surface area contributed by atoms with Crippen LogP contribution in [0.3, 0.4) is 0 Å². The van der Waals surface area contributed by atoms with Crippen LogP contribution in [0.15, 0.2) is 42.5 Å². The van der Waals surface area contributed by atoms with Gasteiger partial charge in [0, 0.05) is 24.1 Å². The molecular weight excluding hydrogens is 320 g/mol. The molecule has 0 aliphatic carbocycles. The molecule has 2 aromatic carbocycles. The molecule has 0 aliphatic rings. The van der Waals surface area contributed by atoms with Gasteiger partial charge in [-0.05, 0) is 35.7 Å². The third kappa shape index (κ3) is 5.32. The number of rotatable bonds is 6. The second-order valence-corrected chi connectivity index (χ2v) is 7.85. The van der Waals surface area contributed by atoms with E-state index in [0.29, 0.717) is 12.2 Å². The van der Waals surface area contributed by atoms with Crippen LogP contribution in [0.25, 0.3) is 0 Å². The van der Waals surface area contributed by atoms with Crippen molar-refractivity contribution in [3.8, 4) is 0 Å². The summed E-state index contributed by atoms with van der Waals surface area (Å²) < 4.78 is 49.3. The number of sulfone groups is 1. The third-order valence-electron chi connectivity index (χ3n) is 3.52. The molecule has 0 bridgehead atoms. The van der Waals surface area contributed by atoms with Gasteiger partial charge in [0.25, 0.3) is 0 Å². The lowest BCUT2D eigenvalue weighted by molar-refractivity contribution is 0.592. The van der Waals surface area contributed by atoms with Gasteiger partial charge in [0.2, 0.25) is 0 Å². The summed E-state index contributed by atoms with van der Waals surface area (Å²) in [6.45, 7) is 2.53. The van der Waals surface area contributed by atoms with E-state index in [1.807, 2.05) is 6.92 Å². The lowest BCUT2D eigenvalue weighted by Gasteiger charge is -2.14. The maximum atomic E-state index is 13.9. The first-order chi connectivity index (χ1) is 10.7. The van der Waals surface area contributed by atoms with Crippen molar-refractivity contribution in [2.45, 2.75) is 18.6 Å². The fourth-order valence-corrected chi connectivity index (χ4v) is 3.04. The number of hydrogen-bond donors (Lipinski definition) is 1. The average Bonchev–Trinajstić information content (AvgIpc) is 2.47. The van der Waals surface area contributed by atoms with Gasteiger partial charge < -0.3 is 5.32 Å². The van der Waals surface area contributed by atoms with Crippen LogP contribution < -0.4 is 5.32 Å². The van der Waals surface area contributed by atoms with Crippen LogP contribution in [0.5, 0.6) is 0 Å². The summed E-state index contributed by atoms with van der Waals surface area (Å²) in [5, 5.41) is 3.11. The zero-order chi connectivity index (χ0) is 17.0. The Bertz CT molecular complexity index is 774. The Labute approximate surface area is 135 Å². The molecule has 0 heterocycles. The number of nitrogens with one attached hydrogen (secondary N) is 1. The molecule has 0 spiro atoms. The Morgan fingerprint density at radius 1 is 1.09 bits per heavy atom. The summed E-state index contributed by atoms with van der Waals surface area (Å²) in [5.41, 5.74) is 1.71. The topological polar surface area (TPSA) is 46.2 Å². The summed E-state index contributed by atoms with van der Waals surface area (Å²) in [4.78, 5) is 0. The highest BCUT2D eigenvalue weighted by molar-refractivity contribution is 7.89. The van der Waals surface area contributed by atoms with Crippen molar-refractivity contribution in [1.29, 1.82) is 0 Å². The minimum Gasteiger partial charge on any atom is -0.384 e. The Balaban J connectivity index is 2.00. The maximum absolute atomic E-state index is 13.9. The normalized spacial score (nSPS) is 12.9. The SMILES string of the molecule is C[C@@H](CNc1ccc(CS(C)(=O)=O)c(F)c1)c1ccc(F)cc1. The number of anilines is 1. The number of halogens is 2. The van der Waals surface area contributed by atoms with Crippen LogP contribution in [0, 0.1) is 11.6 Å². The predicted octanol–water partition coefficient (Wildman–Crippen LogP) is 3.73. The van der Waals surface area contributed by atoms with Gasteiger partial charge in [-0.25, -0.2) is 17.2 Å². The van der Waals surface area contributed by atoms with Crippen LogP contribution in [0.4, 0.5) is 14.5 Å². The van der Waals surface area contributed by atoms with Crippen molar-refractivity contribution in [3.63, 3.8) is 0 Å². The minimum atomic E-state index is -3.27. The molecule has 0 aliphatic heterocycles. The Morgan fingerprint density at radius 2 is 1.74 bits per heavy atom. The first kappa shape index (κ1) is 17.4. The van der Waals surface area contributed by atoms with E-state index in [9.17, 15) is 17.2 Å². The highest BCUT2D eigenvalue weighted by Gasteiger charge is 2.11. The molecule has 23 heavy (non-hydrogen) atoms. The largest absolute Gasteiger partial charge is 0.384 e. The van der Waals surface area contributed by atoms with Gasteiger partial charge in [-0.3, -0.25) is 0 Å². The molecular formula is C17H19F2NO2S. The van der Waals surface area contributed by atoms with Crippen molar-refractivity contribution in [3.05, 3.63) is 65.2 Å². The van der Waals surface area contributed by atoms with Gasteiger partial charge in [-0.15, -0.1) is 0 Å². The van der Waals surface area contributed by atoms with Gasteiger partial charge in [-0.1, -0.05) is 25.1 Å². The Morgan fingerprint density at radius 3 is 2.30 bits per heavy atom. The van der Waals surface area contributed by atoms with Crippen LogP contribution in [-0.4, -0.2) is 21.2 Å². The molecule has 0 aromatic heterocycles. The lowest BCUT2D eigenvalue weighted by atomic mass is 10.0. The van der Waals surface area contributed by atoms with E-state index in [4.69, 9.17) is 0 Å². The molecule has 1 N–H and O–H groups in total. The van der Waals surface area contributed by atoms with Crippen molar-refractivity contribution >= 4 is 15.5 Å². The van der Waals surface area contributed by atoms with E-state index in [1.54, 1.807) is 18.2 Å². The maximum Gasteiger partial charge on any atom is 0.151 e. The zero-order valence-electron chi connectivity index (χ0n) is 13.0. The van der Waals surface area contributed by atoms with Crippen molar-refractivity contribution in [2.75, 3.05) is 18.1 Å². The summed E-state index contributed by atoms with van der Waals surface area (Å²) in [6, 6.07) is 10.7. The molecule has 0 amide bonds. The summed E-state index contributed by atoms with van der Waals surface area (Å²) >= 11 is 0. The zero-order valence-corrected chi connectivity index (χ0v) is 13.8. The molecule has 0 fully saturated rings. The van der Waals surface area contributed by atoms with E-state index in [1.165, 1.54) is 24.3 Å². The first-order valence-corrected chi connectivity index (χ1v) is 9.26. The van der Waals surface area contributed by atoms with Crippen LogP contribution in [0.1, 0.15) is 24.0 Å². The molecule has 2 rings (SSSR count). The van der Waals surface area contributed by atoms with Gasteiger partial charge >= 0.3 is 0 Å². The lowest BCUT2D eigenvalue weighted by Crippen LogP contribution is -2.10. The van der Waals surface area contributed by atoms with Crippen LogP contribution >= 0.6 is 0 Å². The van der Waals surface area contributed by atoms with E-state index in [0.717, 1.165) is 11.8 Å². The van der Waals surface area contributed by atoms with E-state index < -0.39 is 15.7 Å². The van der Waals surface area contributed by atoms with E-state index in [2.05, 4.69) is 5.32 Å². The summed E-state index contributed by atoms with van der Waals surface area (Å²) in [6.07, 6.45) is 1.07. The fourth-order valence-electron chi connectivity index (χ4n) is 2.24. The monoisotopic (exact) mass is 339 g/mol. The molecule has 3 nitrogen and oxygen atoms in total. The van der Waals surface area contributed by atoms with Crippen molar-refractivity contribution in [1.82, 2.24) is 0 Å². The predicted molar refractivity (Wildman–Crippen MR) is 88.3 cm³/mol. The fraction of sp³-hybridized carbons (Fsp3) is 0.294. The minimum absolute atomic E-state index is 0.120.